The molecule has 1 amide bonds. The van der Waals surface area contributed by atoms with Crippen molar-refractivity contribution in [2.75, 3.05) is 5.32 Å². The van der Waals surface area contributed by atoms with Gasteiger partial charge in [-0.05, 0) is 48.7 Å². The van der Waals surface area contributed by atoms with E-state index in [1.165, 1.54) is 5.56 Å². The van der Waals surface area contributed by atoms with Crippen LogP contribution in [0.3, 0.4) is 0 Å². The van der Waals surface area contributed by atoms with E-state index in [0.717, 1.165) is 16.5 Å². The number of carbonyl (C=O) groups excluding carboxylic acids is 2. The van der Waals surface area contributed by atoms with Crippen LogP contribution in [-0.2, 0) is 27.2 Å². The summed E-state index contributed by atoms with van der Waals surface area (Å²) >= 11 is 3.34. The molecule has 0 bridgehead atoms. The van der Waals surface area contributed by atoms with Crippen LogP contribution in [0.2, 0.25) is 0 Å². The molecular formula is C19H20BrNO3. The fraction of sp³-hybridized carbons (Fsp3) is 0.263. The van der Waals surface area contributed by atoms with E-state index in [0.29, 0.717) is 5.69 Å². The van der Waals surface area contributed by atoms with Crippen molar-refractivity contribution in [3.05, 3.63) is 64.1 Å². The highest BCUT2D eigenvalue weighted by Crippen LogP contribution is 2.13. The highest BCUT2D eigenvalue weighted by atomic mass is 79.9. The summed E-state index contributed by atoms with van der Waals surface area (Å²) in [5.74, 6) is -0.773. The minimum atomic E-state index is -0.848. The summed E-state index contributed by atoms with van der Waals surface area (Å²) < 4.78 is 6.15. The van der Waals surface area contributed by atoms with Crippen molar-refractivity contribution in [1.29, 1.82) is 0 Å². The maximum Gasteiger partial charge on any atom is 0.311 e. The van der Waals surface area contributed by atoms with Gasteiger partial charge in [0.1, 0.15) is 0 Å². The number of rotatable bonds is 6. The Bertz CT molecular complexity index is 696. The first kappa shape index (κ1) is 18.2. The van der Waals surface area contributed by atoms with Crippen LogP contribution >= 0.6 is 15.9 Å². The molecule has 0 aliphatic carbocycles. The van der Waals surface area contributed by atoms with E-state index in [1.807, 2.05) is 48.5 Å². The number of nitrogens with one attached hydrogen (secondary N) is 1. The third kappa shape index (κ3) is 5.49. The van der Waals surface area contributed by atoms with Crippen LogP contribution in [0, 0.1) is 0 Å². The lowest BCUT2D eigenvalue weighted by Gasteiger charge is -2.14. The second-order valence-corrected chi connectivity index (χ2v) is 6.39. The third-order valence-electron chi connectivity index (χ3n) is 3.57. The molecule has 0 spiro atoms. The van der Waals surface area contributed by atoms with Crippen molar-refractivity contribution in [3.8, 4) is 0 Å². The van der Waals surface area contributed by atoms with E-state index >= 15 is 0 Å². The summed E-state index contributed by atoms with van der Waals surface area (Å²) in [6.45, 7) is 3.63. The van der Waals surface area contributed by atoms with Gasteiger partial charge in [0.05, 0.1) is 6.42 Å². The van der Waals surface area contributed by atoms with Crippen molar-refractivity contribution >= 4 is 33.5 Å². The maximum absolute atomic E-state index is 12.1. The Labute approximate surface area is 150 Å². The Kier molecular flexibility index (Phi) is 6.55. The molecule has 0 aromatic heterocycles. The molecule has 4 nitrogen and oxygen atoms in total. The van der Waals surface area contributed by atoms with Gasteiger partial charge < -0.3 is 10.1 Å². The highest BCUT2D eigenvalue weighted by molar-refractivity contribution is 9.10. The quantitative estimate of drug-likeness (QED) is 0.755. The lowest BCUT2D eigenvalue weighted by Crippen LogP contribution is -2.30. The molecule has 2 aromatic carbocycles. The van der Waals surface area contributed by atoms with Gasteiger partial charge in [-0.25, -0.2) is 0 Å². The minimum Gasteiger partial charge on any atom is -0.452 e. The molecule has 0 saturated carbocycles. The van der Waals surface area contributed by atoms with Gasteiger partial charge in [0, 0.05) is 10.2 Å². The van der Waals surface area contributed by atoms with Gasteiger partial charge in [-0.15, -0.1) is 0 Å². The van der Waals surface area contributed by atoms with Crippen molar-refractivity contribution in [1.82, 2.24) is 0 Å². The number of amides is 1. The number of anilines is 1. The molecule has 0 aliphatic heterocycles. The number of hydrogen-bond donors (Lipinski definition) is 1. The van der Waals surface area contributed by atoms with E-state index < -0.39 is 12.1 Å². The van der Waals surface area contributed by atoms with Crippen molar-refractivity contribution in [3.63, 3.8) is 0 Å². The van der Waals surface area contributed by atoms with Crippen LogP contribution in [0.4, 0.5) is 5.69 Å². The third-order valence-corrected chi connectivity index (χ3v) is 4.10. The van der Waals surface area contributed by atoms with Crippen molar-refractivity contribution in [2.24, 2.45) is 0 Å². The maximum atomic E-state index is 12.1. The Hall–Kier alpha value is -2.14. The number of carbonyl (C=O) groups is 2. The fourth-order valence-electron chi connectivity index (χ4n) is 2.13. The van der Waals surface area contributed by atoms with Gasteiger partial charge in [0.25, 0.3) is 5.91 Å². The molecule has 0 aliphatic rings. The van der Waals surface area contributed by atoms with Crippen molar-refractivity contribution in [2.45, 2.75) is 32.8 Å². The summed E-state index contributed by atoms with van der Waals surface area (Å²) in [7, 11) is 0. The van der Waals surface area contributed by atoms with Gasteiger partial charge in [-0.1, -0.05) is 47.1 Å². The molecule has 0 saturated heterocycles. The average molecular weight is 390 g/mol. The van der Waals surface area contributed by atoms with Crippen LogP contribution in [0.25, 0.3) is 0 Å². The van der Waals surface area contributed by atoms with E-state index in [9.17, 15) is 9.59 Å². The second kappa shape index (κ2) is 8.64. The first-order valence-electron chi connectivity index (χ1n) is 7.81. The summed E-state index contributed by atoms with van der Waals surface area (Å²) in [4.78, 5) is 24.0. The molecule has 0 radical (unpaired) electrons. The first-order valence-corrected chi connectivity index (χ1v) is 8.61. The van der Waals surface area contributed by atoms with E-state index in [1.54, 1.807) is 6.92 Å². The molecule has 24 heavy (non-hydrogen) atoms. The van der Waals surface area contributed by atoms with Crippen molar-refractivity contribution < 1.29 is 14.3 Å². The zero-order chi connectivity index (χ0) is 17.5. The summed E-state index contributed by atoms with van der Waals surface area (Å²) in [5, 5.41) is 2.75. The summed E-state index contributed by atoms with van der Waals surface area (Å²) in [5.41, 5.74) is 2.72. The molecule has 1 N–H and O–H groups in total. The smallest absolute Gasteiger partial charge is 0.311 e. The van der Waals surface area contributed by atoms with Gasteiger partial charge in [0.2, 0.25) is 0 Å². The van der Waals surface area contributed by atoms with E-state index in [2.05, 4.69) is 28.2 Å². The standard InChI is InChI=1S/C19H20BrNO3/c1-3-14-6-10-17(11-7-14)21-19(23)13(2)24-18(22)12-15-4-8-16(20)9-5-15/h4-11,13H,3,12H2,1-2H3,(H,21,23). The van der Waals surface area contributed by atoms with Gasteiger partial charge in [0.15, 0.2) is 6.10 Å². The molecule has 0 heterocycles. The number of benzene rings is 2. The average Bonchev–Trinajstić information content (AvgIpc) is 2.57. The van der Waals surface area contributed by atoms with Crippen LogP contribution in [0.5, 0.6) is 0 Å². The Morgan fingerprint density at radius 2 is 1.62 bits per heavy atom. The lowest BCUT2D eigenvalue weighted by atomic mass is 10.1. The number of halogens is 1. The highest BCUT2D eigenvalue weighted by Gasteiger charge is 2.18. The Morgan fingerprint density at radius 1 is 1.04 bits per heavy atom. The molecule has 1 atom stereocenters. The molecule has 126 valence electrons. The number of ether oxygens (including phenoxy) is 1. The zero-order valence-corrected chi connectivity index (χ0v) is 15.3. The molecular weight excluding hydrogens is 370 g/mol. The number of hydrogen-bond acceptors (Lipinski definition) is 3. The predicted molar refractivity (Wildman–Crippen MR) is 97.8 cm³/mol. The van der Waals surface area contributed by atoms with Gasteiger partial charge in [-0.3, -0.25) is 9.59 Å². The SMILES string of the molecule is CCc1ccc(NC(=O)C(C)OC(=O)Cc2ccc(Br)cc2)cc1. The van der Waals surface area contributed by atoms with E-state index in [4.69, 9.17) is 4.74 Å². The number of aryl methyl sites for hydroxylation is 1. The zero-order valence-electron chi connectivity index (χ0n) is 13.7. The van der Waals surface area contributed by atoms with Gasteiger partial charge in [-0.2, -0.15) is 0 Å². The largest absolute Gasteiger partial charge is 0.452 e. The van der Waals surface area contributed by atoms with Crippen LogP contribution in [0.1, 0.15) is 25.0 Å². The summed E-state index contributed by atoms with van der Waals surface area (Å²) in [6, 6.07) is 15.0. The van der Waals surface area contributed by atoms with Crippen LogP contribution < -0.4 is 5.32 Å². The van der Waals surface area contributed by atoms with Gasteiger partial charge >= 0.3 is 5.97 Å². The molecule has 1 unspecified atom stereocenters. The topological polar surface area (TPSA) is 55.4 Å². The normalized spacial score (nSPS) is 11.6. The fourth-order valence-corrected chi connectivity index (χ4v) is 2.39. The number of esters is 1. The minimum absolute atomic E-state index is 0.135. The molecule has 2 rings (SSSR count). The summed E-state index contributed by atoms with van der Waals surface area (Å²) in [6.07, 6.45) is 0.229. The monoisotopic (exact) mass is 389 g/mol. The van der Waals surface area contributed by atoms with Crippen LogP contribution in [0.15, 0.2) is 53.0 Å². The van der Waals surface area contributed by atoms with Crippen LogP contribution in [-0.4, -0.2) is 18.0 Å². The Balaban J connectivity index is 1.85. The second-order valence-electron chi connectivity index (χ2n) is 5.48. The first-order chi connectivity index (χ1) is 11.5. The predicted octanol–water partition coefficient (Wildman–Crippen LogP) is 4.12. The molecule has 0 fully saturated rings. The Morgan fingerprint density at radius 3 is 2.21 bits per heavy atom. The van der Waals surface area contributed by atoms with E-state index in [-0.39, 0.29) is 12.3 Å². The molecule has 5 heteroatoms. The lowest BCUT2D eigenvalue weighted by molar-refractivity contribution is -0.152. The molecule has 2 aromatic rings.